The number of methoxy groups -OCH3 is 1. The van der Waals surface area contributed by atoms with Crippen LogP contribution in [0.15, 0.2) is 47.8 Å². The molecule has 2 heterocycles. The Morgan fingerprint density at radius 3 is 2.61 bits per heavy atom. The third-order valence-corrected chi connectivity index (χ3v) is 6.93. The van der Waals surface area contributed by atoms with Crippen LogP contribution in [0.25, 0.3) is 0 Å². The Bertz CT molecular complexity index is 1140. The lowest BCUT2D eigenvalue weighted by Crippen LogP contribution is -2.38. The van der Waals surface area contributed by atoms with E-state index in [1.54, 1.807) is 35.7 Å². The number of nitrogens with one attached hydrogen (secondary N) is 1. The maximum absolute atomic E-state index is 13.1. The topological polar surface area (TPSA) is 71.5 Å². The van der Waals surface area contributed by atoms with Gasteiger partial charge < -0.3 is 15.0 Å². The van der Waals surface area contributed by atoms with E-state index >= 15 is 0 Å². The summed E-state index contributed by atoms with van der Waals surface area (Å²) < 4.78 is 18.2. The lowest BCUT2D eigenvalue weighted by molar-refractivity contribution is -0.131. The Morgan fingerprint density at radius 1 is 1.21 bits per heavy atom. The second-order valence-electron chi connectivity index (χ2n) is 7.83. The number of halogens is 2. The highest BCUT2D eigenvalue weighted by molar-refractivity contribution is 7.10. The third-order valence-electron chi connectivity index (χ3n) is 5.63. The second kappa shape index (κ2) is 10.3. The first-order chi connectivity index (χ1) is 15.9. The summed E-state index contributed by atoms with van der Waals surface area (Å²) in [6.07, 6.45) is 1.84. The summed E-state index contributed by atoms with van der Waals surface area (Å²) in [5, 5.41) is 5.87. The maximum Gasteiger partial charge on any atom is 0.275 e. The van der Waals surface area contributed by atoms with Crippen LogP contribution in [-0.4, -0.2) is 41.9 Å². The number of carbonyl (C=O) groups excluding carboxylic acids is 2. The molecule has 0 bridgehead atoms. The van der Waals surface area contributed by atoms with Crippen molar-refractivity contribution in [3.05, 3.63) is 74.9 Å². The highest BCUT2D eigenvalue weighted by Gasteiger charge is 2.26. The maximum atomic E-state index is 13.1. The van der Waals surface area contributed by atoms with Crippen LogP contribution in [-0.2, 0) is 11.2 Å². The molecule has 0 unspecified atom stereocenters. The van der Waals surface area contributed by atoms with E-state index in [4.69, 9.17) is 16.3 Å². The Morgan fingerprint density at radius 2 is 1.94 bits per heavy atom. The van der Waals surface area contributed by atoms with E-state index in [0.717, 1.165) is 23.4 Å². The summed E-state index contributed by atoms with van der Waals surface area (Å²) in [5.41, 5.74) is 1.72. The molecule has 6 nitrogen and oxygen atoms in total. The van der Waals surface area contributed by atoms with E-state index in [-0.39, 0.29) is 30.0 Å². The van der Waals surface area contributed by atoms with Crippen LogP contribution in [0, 0.1) is 5.82 Å². The van der Waals surface area contributed by atoms with Crippen molar-refractivity contribution in [3.63, 3.8) is 0 Å². The van der Waals surface area contributed by atoms with Crippen LogP contribution in [0.1, 0.15) is 39.8 Å². The number of piperidine rings is 1. The van der Waals surface area contributed by atoms with Crippen LogP contribution >= 0.6 is 22.9 Å². The highest BCUT2D eigenvalue weighted by Crippen LogP contribution is 2.31. The molecular formula is C24H23ClFN3O3S. The zero-order valence-corrected chi connectivity index (χ0v) is 19.6. The van der Waals surface area contributed by atoms with Crippen LogP contribution in [0.3, 0.4) is 0 Å². The van der Waals surface area contributed by atoms with Crippen LogP contribution in [0.5, 0.6) is 5.75 Å². The van der Waals surface area contributed by atoms with Crippen molar-refractivity contribution >= 4 is 40.4 Å². The standard InChI is InChI=1S/C24H23ClFN3O3S/c1-32-21-7-6-18(13-19(21)25)27-23(31)20-14-33-24(28-20)16-8-10-29(11-9-16)22(30)12-15-2-4-17(26)5-3-15/h2-7,13-14,16H,8-12H2,1H3,(H,27,31). The first-order valence-corrected chi connectivity index (χ1v) is 11.8. The number of hydrogen-bond donors (Lipinski definition) is 1. The molecule has 0 radical (unpaired) electrons. The first-order valence-electron chi connectivity index (χ1n) is 10.6. The van der Waals surface area contributed by atoms with Crippen LogP contribution in [0.2, 0.25) is 5.02 Å². The molecule has 1 fully saturated rings. The van der Waals surface area contributed by atoms with Crippen molar-refractivity contribution in [1.29, 1.82) is 0 Å². The third kappa shape index (κ3) is 5.69. The van der Waals surface area contributed by atoms with Gasteiger partial charge in [-0.15, -0.1) is 11.3 Å². The summed E-state index contributed by atoms with van der Waals surface area (Å²) >= 11 is 7.58. The summed E-state index contributed by atoms with van der Waals surface area (Å²) in [7, 11) is 1.53. The molecule has 1 saturated heterocycles. The fourth-order valence-corrected chi connectivity index (χ4v) is 5.01. The van der Waals surface area contributed by atoms with Crippen molar-refractivity contribution in [2.75, 3.05) is 25.5 Å². The molecule has 4 rings (SSSR count). The van der Waals surface area contributed by atoms with Gasteiger partial charge in [0.1, 0.15) is 17.3 Å². The average Bonchev–Trinajstić information content (AvgIpc) is 3.31. The lowest BCUT2D eigenvalue weighted by atomic mass is 9.97. The van der Waals surface area contributed by atoms with Gasteiger partial charge in [0.05, 0.1) is 23.6 Å². The molecule has 1 aromatic heterocycles. The molecule has 1 N–H and O–H groups in total. The molecule has 2 amide bonds. The van der Waals surface area contributed by atoms with Gasteiger partial charge in [0.15, 0.2) is 0 Å². The Labute approximate surface area is 200 Å². The van der Waals surface area contributed by atoms with Gasteiger partial charge in [-0.05, 0) is 48.7 Å². The molecule has 0 aliphatic carbocycles. The molecule has 172 valence electrons. The van der Waals surface area contributed by atoms with E-state index in [2.05, 4.69) is 10.3 Å². The first kappa shape index (κ1) is 23.2. The van der Waals surface area contributed by atoms with Gasteiger partial charge in [0.2, 0.25) is 5.91 Å². The van der Waals surface area contributed by atoms with Crippen molar-refractivity contribution in [2.45, 2.75) is 25.2 Å². The number of carbonyl (C=O) groups is 2. The number of thiazole rings is 1. The van der Waals surface area contributed by atoms with Crippen LogP contribution in [0.4, 0.5) is 10.1 Å². The number of nitrogens with zero attached hydrogens (tertiary/aromatic N) is 2. The van der Waals surface area contributed by atoms with E-state index in [0.29, 0.717) is 35.2 Å². The second-order valence-corrected chi connectivity index (χ2v) is 9.13. The fraction of sp³-hybridized carbons (Fsp3) is 0.292. The van der Waals surface area contributed by atoms with Gasteiger partial charge in [-0.1, -0.05) is 23.7 Å². The monoisotopic (exact) mass is 487 g/mol. The van der Waals surface area contributed by atoms with Crippen LogP contribution < -0.4 is 10.1 Å². The lowest BCUT2D eigenvalue weighted by Gasteiger charge is -2.31. The van der Waals surface area contributed by atoms with E-state index in [1.807, 2.05) is 4.90 Å². The van der Waals surface area contributed by atoms with Gasteiger partial charge in [0, 0.05) is 30.1 Å². The Balaban J connectivity index is 1.31. The molecular weight excluding hydrogens is 465 g/mol. The Kier molecular flexibility index (Phi) is 7.25. The zero-order valence-electron chi connectivity index (χ0n) is 18.0. The molecule has 0 saturated carbocycles. The average molecular weight is 488 g/mol. The van der Waals surface area contributed by atoms with Crippen molar-refractivity contribution in [1.82, 2.24) is 9.88 Å². The fourth-order valence-electron chi connectivity index (χ4n) is 3.78. The van der Waals surface area contributed by atoms with Gasteiger partial charge >= 0.3 is 0 Å². The molecule has 2 aromatic carbocycles. The number of amides is 2. The number of aromatic nitrogens is 1. The number of hydrogen-bond acceptors (Lipinski definition) is 5. The molecule has 9 heteroatoms. The number of rotatable bonds is 6. The zero-order chi connectivity index (χ0) is 23.4. The normalized spacial score (nSPS) is 14.2. The number of benzene rings is 2. The van der Waals surface area contributed by atoms with Crippen molar-refractivity contribution in [2.24, 2.45) is 0 Å². The smallest absolute Gasteiger partial charge is 0.275 e. The number of likely N-dealkylation sites (tertiary alicyclic amines) is 1. The van der Waals surface area contributed by atoms with E-state index in [9.17, 15) is 14.0 Å². The summed E-state index contributed by atoms with van der Waals surface area (Å²) in [6.45, 7) is 1.27. The molecule has 0 atom stereocenters. The molecule has 33 heavy (non-hydrogen) atoms. The molecule has 1 aliphatic heterocycles. The number of ether oxygens (including phenoxy) is 1. The predicted octanol–water partition coefficient (Wildman–Crippen LogP) is 5.15. The SMILES string of the molecule is COc1ccc(NC(=O)c2csc(C3CCN(C(=O)Cc4ccc(F)cc4)CC3)n2)cc1Cl. The molecule has 3 aromatic rings. The minimum atomic E-state index is -0.309. The van der Waals surface area contributed by atoms with Gasteiger partial charge in [0.25, 0.3) is 5.91 Å². The number of anilines is 1. The molecule has 1 aliphatic rings. The van der Waals surface area contributed by atoms with E-state index in [1.165, 1.54) is 30.6 Å². The summed E-state index contributed by atoms with van der Waals surface area (Å²) in [4.78, 5) is 31.6. The van der Waals surface area contributed by atoms with Crippen molar-refractivity contribution < 1.29 is 18.7 Å². The van der Waals surface area contributed by atoms with E-state index < -0.39 is 0 Å². The minimum Gasteiger partial charge on any atom is -0.495 e. The van der Waals surface area contributed by atoms with Crippen molar-refractivity contribution in [3.8, 4) is 5.75 Å². The molecule has 0 spiro atoms. The Hall–Kier alpha value is -2.97. The largest absolute Gasteiger partial charge is 0.495 e. The quantitative estimate of drug-likeness (QED) is 0.522. The summed E-state index contributed by atoms with van der Waals surface area (Å²) in [6, 6.07) is 11.1. The van der Waals surface area contributed by atoms with Gasteiger partial charge in [-0.2, -0.15) is 0 Å². The van der Waals surface area contributed by atoms with Gasteiger partial charge in [-0.3, -0.25) is 9.59 Å². The minimum absolute atomic E-state index is 0.0393. The van der Waals surface area contributed by atoms with Gasteiger partial charge in [-0.25, -0.2) is 9.37 Å². The predicted molar refractivity (Wildman–Crippen MR) is 127 cm³/mol. The highest BCUT2D eigenvalue weighted by atomic mass is 35.5. The summed E-state index contributed by atoms with van der Waals surface area (Å²) in [5.74, 6) is 0.175.